The van der Waals surface area contributed by atoms with E-state index in [-0.39, 0.29) is 35.6 Å². The SMILES string of the molecule is Nc1nc(COC(=O)c2ccc(F)cc2N)nc(Nc2ccc(Cl)cc2)n1. The molecule has 27 heavy (non-hydrogen) atoms. The van der Waals surface area contributed by atoms with E-state index in [0.717, 1.165) is 12.1 Å². The van der Waals surface area contributed by atoms with Gasteiger partial charge in [-0.1, -0.05) is 11.6 Å². The van der Waals surface area contributed by atoms with E-state index in [1.165, 1.54) is 6.07 Å². The van der Waals surface area contributed by atoms with E-state index in [2.05, 4.69) is 20.3 Å². The van der Waals surface area contributed by atoms with Gasteiger partial charge in [0.05, 0.1) is 5.56 Å². The van der Waals surface area contributed by atoms with Crippen molar-refractivity contribution < 1.29 is 13.9 Å². The fraction of sp³-hybridized carbons (Fsp3) is 0.0588. The smallest absolute Gasteiger partial charge is 0.340 e. The lowest BCUT2D eigenvalue weighted by Gasteiger charge is -2.09. The number of nitrogens with two attached hydrogens (primary N) is 2. The lowest BCUT2D eigenvalue weighted by atomic mass is 10.2. The highest BCUT2D eigenvalue weighted by molar-refractivity contribution is 6.30. The summed E-state index contributed by atoms with van der Waals surface area (Å²) in [7, 11) is 0. The van der Waals surface area contributed by atoms with Crippen molar-refractivity contribution in [3.8, 4) is 0 Å². The molecule has 3 aromatic rings. The normalized spacial score (nSPS) is 10.4. The first kappa shape index (κ1) is 18.3. The number of hydrogen-bond donors (Lipinski definition) is 3. The number of halogens is 2. The molecule has 0 aliphatic heterocycles. The number of nitrogens with zero attached hydrogens (tertiary/aromatic N) is 3. The molecule has 1 heterocycles. The van der Waals surface area contributed by atoms with Gasteiger partial charge >= 0.3 is 5.97 Å². The number of aromatic nitrogens is 3. The predicted molar refractivity (Wildman–Crippen MR) is 98.9 cm³/mol. The fourth-order valence-electron chi connectivity index (χ4n) is 2.15. The van der Waals surface area contributed by atoms with Gasteiger partial charge in [0.2, 0.25) is 11.9 Å². The molecule has 5 N–H and O–H groups in total. The molecule has 0 radical (unpaired) electrons. The number of carbonyl (C=O) groups is 1. The number of esters is 1. The van der Waals surface area contributed by atoms with Crippen LogP contribution in [0.4, 0.5) is 27.7 Å². The summed E-state index contributed by atoms with van der Waals surface area (Å²) in [6, 6.07) is 10.3. The molecular formula is C17H14ClFN6O2. The molecule has 8 nitrogen and oxygen atoms in total. The van der Waals surface area contributed by atoms with Crippen LogP contribution in [0.3, 0.4) is 0 Å². The molecule has 0 spiro atoms. The Hall–Kier alpha value is -3.46. The molecule has 0 saturated carbocycles. The van der Waals surface area contributed by atoms with Gasteiger partial charge in [-0.15, -0.1) is 0 Å². The Morgan fingerprint density at radius 1 is 1.11 bits per heavy atom. The average molecular weight is 389 g/mol. The minimum Gasteiger partial charge on any atom is -0.454 e. The number of benzene rings is 2. The number of carbonyl (C=O) groups excluding carboxylic acids is 1. The fourth-order valence-corrected chi connectivity index (χ4v) is 2.27. The second kappa shape index (κ2) is 7.83. The number of nitrogen functional groups attached to an aromatic ring is 2. The number of rotatable bonds is 5. The van der Waals surface area contributed by atoms with Gasteiger partial charge in [0.1, 0.15) is 5.82 Å². The highest BCUT2D eigenvalue weighted by atomic mass is 35.5. The monoisotopic (exact) mass is 388 g/mol. The van der Waals surface area contributed by atoms with Crippen LogP contribution in [0, 0.1) is 5.82 Å². The van der Waals surface area contributed by atoms with Crippen molar-refractivity contribution in [2.24, 2.45) is 0 Å². The van der Waals surface area contributed by atoms with Crippen LogP contribution in [0.2, 0.25) is 5.02 Å². The third-order valence-electron chi connectivity index (χ3n) is 3.37. The molecule has 0 bridgehead atoms. The number of hydrogen-bond acceptors (Lipinski definition) is 8. The van der Waals surface area contributed by atoms with Gasteiger partial charge < -0.3 is 21.5 Å². The Morgan fingerprint density at radius 2 is 1.85 bits per heavy atom. The zero-order chi connectivity index (χ0) is 19.4. The van der Waals surface area contributed by atoms with Crippen molar-refractivity contribution in [1.82, 2.24) is 15.0 Å². The summed E-state index contributed by atoms with van der Waals surface area (Å²) < 4.78 is 18.2. The highest BCUT2D eigenvalue weighted by Gasteiger charge is 2.14. The summed E-state index contributed by atoms with van der Waals surface area (Å²) in [5, 5.41) is 3.53. The van der Waals surface area contributed by atoms with Crippen LogP contribution >= 0.6 is 11.6 Å². The first-order valence-corrected chi connectivity index (χ1v) is 8.03. The second-order valence-corrected chi connectivity index (χ2v) is 5.81. The van der Waals surface area contributed by atoms with Crippen LogP contribution < -0.4 is 16.8 Å². The standard InChI is InChI=1S/C17H14ClFN6O2/c18-9-1-4-11(5-2-9)22-17-24-14(23-16(21)25-17)8-27-15(26)12-6-3-10(19)7-13(12)20/h1-7H,8,20H2,(H3,21,22,23,24,25). The maximum atomic E-state index is 13.1. The molecule has 2 aromatic carbocycles. The van der Waals surface area contributed by atoms with Crippen molar-refractivity contribution >= 4 is 40.8 Å². The van der Waals surface area contributed by atoms with Gasteiger partial charge in [-0.2, -0.15) is 15.0 Å². The molecule has 0 unspecified atom stereocenters. The molecule has 0 aliphatic carbocycles. The number of nitrogens with one attached hydrogen (secondary N) is 1. The highest BCUT2D eigenvalue weighted by Crippen LogP contribution is 2.18. The second-order valence-electron chi connectivity index (χ2n) is 5.37. The maximum Gasteiger partial charge on any atom is 0.340 e. The largest absolute Gasteiger partial charge is 0.454 e. The Balaban J connectivity index is 1.70. The molecule has 0 aliphatic rings. The summed E-state index contributed by atoms with van der Waals surface area (Å²) >= 11 is 5.84. The maximum absolute atomic E-state index is 13.1. The van der Waals surface area contributed by atoms with Crippen LogP contribution in [0.15, 0.2) is 42.5 Å². The molecule has 0 saturated heterocycles. The zero-order valence-corrected chi connectivity index (χ0v) is 14.6. The molecule has 0 amide bonds. The van der Waals surface area contributed by atoms with Crippen LogP contribution in [0.1, 0.15) is 16.2 Å². The molecule has 0 fully saturated rings. The van der Waals surface area contributed by atoms with Crippen molar-refractivity contribution in [3.63, 3.8) is 0 Å². The van der Waals surface area contributed by atoms with E-state index in [0.29, 0.717) is 10.7 Å². The van der Waals surface area contributed by atoms with Crippen LogP contribution in [-0.2, 0) is 11.3 Å². The number of anilines is 4. The topological polar surface area (TPSA) is 129 Å². The van der Waals surface area contributed by atoms with E-state index in [1.54, 1.807) is 24.3 Å². The quantitative estimate of drug-likeness (QED) is 0.449. The first-order chi connectivity index (χ1) is 12.9. The van der Waals surface area contributed by atoms with Crippen LogP contribution in [0.5, 0.6) is 0 Å². The van der Waals surface area contributed by atoms with Crippen molar-refractivity contribution in [1.29, 1.82) is 0 Å². The third-order valence-corrected chi connectivity index (χ3v) is 3.62. The van der Waals surface area contributed by atoms with Gasteiger partial charge in [0, 0.05) is 16.4 Å². The average Bonchev–Trinajstić information content (AvgIpc) is 2.61. The van der Waals surface area contributed by atoms with Gasteiger partial charge in [-0.05, 0) is 42.5 Å². The molecule has 10 heteroatoms. The summed E-state index contributed by atoms with van der Waals surface area (Å²) in [5.74, 6) is -1.02. The van der Waals surface area contributed by atoms with Gasteiger partial charge in [-0.3, -0.25) is 0 Å². The third kappa shape index (κ3) is 4.79. The molecule has 3 rings (SSSR count). The Labute approximate surface area is 158 Å². The van der Waals surface area contributed by atoms with Gasteiger partial charge in [0.25, 0.3) is 0 Å². The summed E-state index contributed by atoms with van der Waals surface area (Å²) in [4.78, 5) is 24.1. The molecule has 1 aromatic heterocycles. The van der Waals surface area contributed by atoms with E-state index >= 15 is 0 Å². The minimum absolute atomic E-state index is 0.0275. The number of ether oxygens (including phenoxy) is 1. The summed E-state index contributed by atoms with van der Waals surface area (Å²) in [6.45, 7) is -0.266. The Morgan fingerprint density at radius 3 is 2.56 bits per heavy atom. The van der Waals surface area contributed by atoms with Crippen molar-refractivity contribution in [2.45, 2.75) is 6.61 Å². The molecule has 138 valence electrons. The van der Waals surface area contributed by atoms with E-state index < -0.39 is 11.8 Å². The first-order valence-electron chi connectivity index (χ1n) is 7.66. The zero-order valence-electron chi connectivity index (χ0n) is 13.8. The van der Waals surface area contributed by atoms with Crippen LogP contribution in [-0.4, -0.2) is 20.9 Å². The van der Waals surface area contributed by atoms with E-state index in [4.69, 9.17) is 27.8 Å². The van der Waals surface area contributed by atoms with E-state index in [1.807, 2.05) is 0 Å². The lowest BCUT2D eigenvalue weighted by molar-refractivity contribution is 0.0463. The summed E-state index contributed by atoms with van der Waals surface area (Å²) in [5.41, 5.74) is 12.0. The minimum atomic E-state index is -0.737. The lowest BCUT2D eigenvalue weighted by Crippen LogP contribution is -2.12. The van der Waals surface area contributed by atoms with Crippen molar-refractivity contribution in [2.75, 3.05) is 16.8 Å². The Bertz CT molecular complexity index is 984. The van der Waals surface area contributed by atoms with Gasteiger partial charge in [-0.25, -0.2) is 9.18 Å². The predicted octanol–water partition coefficient (Wildman–Crippen LogP) is 2.93. The molecular weight excluding hydrogens is 375 g/mol. The summed E-state index contributed by atoms with van der Waals surface area (Å²) in [6.07, 6.45) is 0. The molecule has 0 atom stereocenters. The van der Waals surface area contributed by atoms with Crippen LogP contribution in [0.25, 0.3) is 0 Å². The van der Waals surface area contributed by atoms with E-state index in [9.17, 15) is 9.18 Å². The Kier molecular flexibility index (Phi) is 5.32. The van der Waals surface area contributed by atoms with Crippen molar-refractivity contribution in [3.05, 3.63) is 64.7 Å². The van der Waals surface area contributed by atoms with Gasteiger partial charge in [0.15, 0.2) is 12.4 Å².